The zero-order valence-corrected chi connectivity index (χ0v) is 17.3. The van der Waals surface area contributed by atoms with E-state index in [4.69, 9.17) is 0 Å². The van der Waals surface area contributed by atoms with Gasteiger partial charge in [-0.25, -0.2) is 13.4 Å². The SMILES string of the molecule is CC(C)c1ccc(S(=O)(=O)Nc2ccc3snc(N=CN(C)C)c3c2)cc1. The number of aliphatic imine (C=N–C) groups is 1. The summed E-state index contributed by atoms with van der Waals surface area (Å²) in [4.78, 5) is 6.39. The van der Waals surface area contributed by atoms with Gasteiger partial charge in [-0.1, -0.05) is 26.0 Å². The van der Waals surface area contributed by atoms with Crippen LogP contribution in [-0.4, -0.2) is 38.1 Å². The van der Waals surface area contributed by atoms with Crippen LogP contribution in [0.1, 0.15) is 25.3 Å². The van der Waals surface area contributed by atoms with Gasteiger partial charge in [0, 0.05) is 25.2 Å². The van der Waals surface area contributed by atoms with Crippen LogP contribution in [0.5, 0.6) is 0 Å². The van der Waals surface area contributed by atoms with E-state index < -0.39 is 10.0 Å². The molecule has 2 aromatic carbocycles. The van der Waals surface area contributed by atoms with Crippen LogP contribution in [0.3, 0.4) is 0 Å². The van der Waals surface area contributed by atoms with Gasteiger partial charge in [0.05, 0.1) is 15.9 Å². The second-order valence-electron chi connectivity index (χ2n) is 6.75. The Morgan fingerprint density at radius 1 is 1.15 bits per heavy atom. The van der Waals surface area contributed by atoms with Crippen LogP contribution in [0.2, 0.25) is 0 Å². The second-order valence-corrected chi connectivity index (χ2v) is 9.24. The highest BCUT2D eigenvalue weighted by Crippen LogP contribution is 2.32. The summed E-state index contributed by atoms with van der Waals surface area (Å²) in [6.45, 7) is 4.14. The monoisotopic (exact) mass is 402 g/mol. The van der Waals surface area contributed by atoms with Crippen LogP contribution in [0.25, 0.3) is 10.1 Å². The first-order chi connectivity index (χ1) is 12.8. The molecule has 8 heteroatoms. The molecule has 0 bridgehead atoms. The fraction of sp³-hybridized carbons (Fsp3) is 0.263. The minimum atomic E-state index is -3.66. The summed E-state index contributed by atoms with van der Waals surface area (Å²) >= 11 is 1.33. The van der Waals surface area contributed by atoms with Gasteiger partial charge in [0.1, 0.15) is 0 Å². The van der Waals surface area contributed by atoms with Crippen molar-refractivity contribution in [2.45, 2.75) is 24.7 Å². The van der Waals surface area contributed by atoms with Crippen molar-refractivity contribution < 1.29 is 8.42 Å². The van der Waals surface area contributed by atoms with E-state index in [9.17, 15) is 8.42 Å². The molecule has 1 N–H and O–H groups in total. The third-order valence-electron chi connectivity index (χ3n) is 3.97. The summed E-state index contributed by atoms with van der Waals surface area (Å²) in [5.41, 5.74) is 1.58. The molecule has 6 nitrogen and oxygen atoms in total. The van der Waals surface area contributed by atoms with Gasteiger partial charge in [-0.15, -0.1) is 0 Å². The molecule has 0 aliphatic rings. The Kier molecular flexibility index (Phi) is 5.48. The number of nitrogens with zero attached hydrogens (tertiary/aromatic N) is 3. The third-order valence-corrected chi connectivity index (χ3v) is 6.19. The highest BCUT2D eigenvalue weighted by Gasteiger charge is 2.15. The standard InChI is InChI=1S/C19H22N4O2S2/c1-13(2)14-5-8-16(9-6-14)27(24,25)22-15-7-10-18-17(11-15)19(21-26-18)20-12-23(3)4/h5-13,22H,1-4H3. The van der Waals surface area contributed by atoms with E-state index in [0.29, 0.717) is 17.4 Å². The molecule has 1 aromatic heterocycles. The van der Waals surface area contributed by atoms with E-state index >= 15 is 0 Å². The fourth-order valence-corrected chi connectivity index (χ4v) is 4.26. The summed E-state index contributed by atoms with van der Waals surface area (Å²) in [6, 6.07) is 12.3. The Labute approximate surface area is 163 Å². The zero-order chi connectivity index (χ0) is 19.6. The number of hydrogen-bond donors (Lipinski definition) is 1. The van der Waals surface area contributed by atoms with Crippen molar-refractivity contribution in [2.24, 2.45) is 4.99 Å². The van der Waals surface area contributed by atoms with Crippen LogP contribution >= 0.6 is 11.5 Å². The molecule has 1 heterocycles. The molecule has 0 spiro atoms. The van der Waals surface area contributed by atoms with E-state index in [2.05, 4.69) is 27.9 Å². The van der Waals surface area contributed by atoms with Crippen molar-refractivity contribution >= 4 is 49.5 Å². The van der Waals surface area contributed by atoms with Gasteiger partial charge in [0.2, 0.25) is 0 Å². The normalized spacial score (nSPS) is 12.2. The number of rotatable bonds is 6. The van der Waals surface area contributed by atoms with Crippen molar-refractivity contribution in [3.63, 3.8) is 0 Å². The average molecular weight is 403 g/mol. The van der Waals surface area contributed by atoms with Gasteiger partial charge in [0.25, 0.3) is 10.0 Å². The van der Waals surface area contributed by atoms with Crippen molar-refractivity contribution in [2.75, 3.05) is 18.8 Å². The summed E-state index contributed by atoms with van der Waals surface area (Å²) in [5, 5.41) is 0.813. The van der Waals surface area contributed by atoms with Crippen LogP contribution in [0, 0.1) is 0 Å². The lowest BCUT2D eigenvalue weighted by Crippen LogP contribution is -2.12. The molecule has 142 valence electrons. The van der Waals surface area contributed by atoms with Crippen molar-refractivity contribution in [3.05, 3.63) is 48.0 Å². The number of hydrogen-bond acceptors (Lipinski definition) is 5. The number of sulfonamides is 1. The van der Waals surface area contributed by atoms with E-state index in [1.54, 1.807) is 30.6 Å². The number of aromatic nitrogens is 1. The maximum atomic E-state index is 12.7. The molecule has 3 aromatic rings. The van der Waals surface area contributed by atoms with Gasteiger partial charge in [-0.3, -0.25) is 4.72 Å². The Bertz CT molecular complexity index is 1070. The highest BCUT2D eigenvalue weighted by atomic mass is 32.2. The van der Waals surface area contributed by atoms with E-state index in [0.717, 1.165) is 15.6 Å². The second kappa shape index (κ2) is 7.66. The molecule has 3 rings (SSSR count). The minimum Gasteiger partial charge on any atom is -0.369 e. The zero-order valence-electron chi connectivity index (χ0n) is 15.7. The first-order valence-corrected chi connectivity index (χ1v) is 10.7. The Morgan fingerprint density at radius 3 is 2.48 bits per heavy atom. The summed E-state index contributed by atoms with van der Waals surface area (Å²) in [6.07, 6.45) is 1.67. The van der Waals surface area contributed by atoms with E-state index in [1.165, 1.54) is 11.5 Å². The summed E-state index contributed by atoms with van der Waals surface area (Å²) in [7, 11) is 0.0946. The van der Waals surface area contributed by atoms with Crippen LogP contribution in [-0.2, 0) is 10.0 Å². The molecule has 0 radical (unpaired) electrons. The first-order valence-electron chi connectivity index (χ1n) is 8.49. The van der Waals surface area contributed by atoms with Crippen molar-refractivity contribution in [1.29, 1.82) is 0 Å². The molecular weight excluding hydrogens is 380 g/mol. The molecule has 0 saturated carbocycles. The molecular formula is C19H22N4O2S2. The fourth-order valence-electron chi connectivity index (χ4n) is 2.50. The van der Waals surface area contributed by atoms with E-state index in [1.807, 2.05) is 37.2 Å². The summed E-state index contributed by atoms with van der Waals surface area (Å²) in [5.74, 6) is 0.926. The maximum absolute atomic E-state index is 12.7. The van der Waals surface area contributed by atoms with E-state index in [-0.39, 0.29) is 4.90 Å². The quantitative estimate of drug-likeness (QED) is 0.488. The lowest BCUT2D eigenvalue weighted by molar-refractivity contribution is 0.601. The van der Waals surface area contributed by atoms with Crippen molar-refractivity contribution in [3.8, 4) is 0 Å². The lowest BCUT2D eigenvalue weighted by Gasteiger charge is -2.10. The van der Waals surface area contributed by atoms with Gasteiger partial charge >= 0.3 is 0 Å². The van der Waals surface area contributed by atoms with Gasteiger partial charge in [0.15, 0.2) is 5.82 Å². The molecule has 0 fully saturated rings. The van der Waals surface area contributed by atoms with Crippen LogP contribution in [0.15, 0.2) is 52.4 Å². The molecule has 0 saturated heterocycles. The maximum Gasteiger partial charge on any atom is 0.261 e. The topological polar surface area (TPSA) is 74.7 Å². The smallest absolute Gasteiger partial charge is 0.261 e. The lowest BCUT2D eigenvalue weighted by atomic mass is 10.0. The van der Waals surface area contributed by atoms with Gasteiger partial charge in [-0.05, 0) is 53.3 Å². The Morgan fingerprint density at radius 2 is 1.85 bits per heavy atom. The highest BCUT2D eigenvalue weighted by molar-refractivity contribution is 7.92. The molecule has 0 aliphatic heterocycles. The average Bonchev–Trinajstić information content (AvgIpc) is 3.02. The number of fused-ring (bicyclic) bond motifs is 1. The minimum absolute atomic E-state index is 0.237. The molecule has 0 amide bonds. The van der Waals surface area contributed by atoms with Crippen molar-refractivity contribution in [1.82, 2.24) is 9.27 Å². The van der Waals surface area contributed by atoms with Crippen LogP contribution in [0.4, 0.5) is 11.5 Å². The Balaban J connectivity index is 1.89. The Hall–Kier alpha value is -2.45. The predicted molar refractivity (Wildman–Crippen MR) is 113 cm³/mol. The molecule has 0 atom stereocenters. The van der Waals surface area contributed by atoms with Gasteiger partial charge in [-0.2, -0.15) is 4.37 Å². The molecule has 0 unspecified atom stereocenters. The molecule has 27 heavy (non-hydrogen) atoms. The number of anilines is 1. The predicted octanol–water partition coefficient (Wildman–Crippen LogP) is 4.44. The third kappa shape index (κ3) is 4.45. The first kappa shape index (κ1) is 19.3. The largest absolute Gasteiger partial charge is 0.369 e. The summed E-state index contributed by atoms with van der Waals surface area (Å²) < 4.78 is 33.3. The van der Waals surface area contributed by atoms with Crippen LogP contribution < -0.4 is 4.72 Å². The number of benzene rings is 2. The molecule has 0 aliphatic carbocycles. The van der Waals surface area contributed by atoms with Gasteiger partial charge < -0.3 is 4.90 Å². The number of nitrogens with one attached hydrogen (secondary N) is 1.